The van der Waals surface area contributed by atoms with E-state index in [1.807, 2.05) is 18.2 Å². The predicted octanol–water partition coefficient (Wildman–Crippen LogP) is 4.34. The van der Waals surface area contributed by atoms with Gasteiger partial charge in [-0.3, -0.25) is 9.59 Å². The van der Waals surface area contributed by atoms with Crippen LogP contribution in [0.4, 0.5) is 0 Å². The summed E-state index contributed by atoms with van der Waals surface area (Å²) in [6.45, 7) is 0.153. The molecule has 0 aliphatic carbocycles. The van der Waals surface area contributed by atoms with Gasteiger partial charge >= 0.3 is 5.97 Å². The molecule has 0 fully saturated rings. The van der Waals surface area contributed by atoms with Crippen LogP contribution in [0.3, 0.4) is 0 Å². The molecule has 2 aliphatic heterocycles. The molecule has 0 unspecified atom stereocenters. The van der Waals surface area contributed by atoms with Crippen LogP contribution >= 0.6 is 0 Å². The van der Waals surface area contributed by atoms with Gasteiger partial charge in [-0.1, -0.05) is 18.2 Å². The molecule has 32 heavy (non-hydrogen) atoms. The molecule has 0 saturated carbocycles. The SMILES string of the molecule is O=C1C[C@H](c2ccc3c(c2)OCO3)c2c(ccc3c(=O)c(-c4ccc(O)cc4)coc23)O1. The van der Waals surface area contributed by atoms with Crippen molar-refractivity contribution < 1.29 is 28.5 Å². The minimum absolute atomic E-state index is 0.106. The van der Waals surface area contributed by atoms with E-state index in [9.17, 15) is 14.7 Å². The first kappa shape index (κ1) is 18.5. The van der Waals surface area contributed by atoms with Gasteiger partial charge in [-0.15, -0.1) is 0 Å². The number of phenolic OH excluding ortho intramolecular Hbond substituents is 1. The van der Waals surface area contributed by atoms with Crippen LogP contribution in [0.1, 0.15) is 23.5 Å². The van der Waals surface area contributed by atoms with Crippen molar-refractivity contribution in [3.05, 3.63) is 82.2 Å². The van der Waals surface area contributed by atoms with Gasteiger partial charge in [0, 0.05) is 11.5 Å². The van der Waals surface area contributed by atoms with Crippen LogP contribution < -0.4 is 19.6 Å². The minimum Gasteiger partial charge on any atom is -0.508 e. The van der Waals surface area contributed by atoms with Crippen molar-refractivity contribution in [3.8, 4) is 34.1 Å². The highest BCUT2D eigenvalue weighted by atomic mass is 16.7. The molecule has 4 aromatic rings. The number of carbonyl (C=O) groups excluding carboxylic acids is 1. The van der Waals surface area contributed by atoms with E-state index >= 15 is 0 Å². The monoisotopic (exact) mass is 428 g/mol. The van der Waals surface area contributed by atoms with Gasteiger partial charge < -0.3 is 23.7 Å². The lowest BCUT2D eigenvalue weighted by molar-refractivity contribution is -0.135. The third-order valence-electron chi connectivity index (χ3n) is 5.86. The second-order valence-corrected chi connectivity index (χ2v) is 7.72. The second kappa shape index (κ2) is 6.88. The molecule has 0 radical (unpaired) electrons. The molecule has 7 heteroatoms. The third kappa shape index (κ3) is 2.82. The number of carbonyl (C=O) groups is 1. The molecule has 1 atom stereocenters. The van der Waals surface area contributed by atoms with Gasteiger partial charge in [-0.05, 0) is 47.5 Å². The first-order chi connectivity index (χ1) is 15.6. The topological polar surface area (TPSA) is 95.2 Å². The summed E-state index contributed by atoms with van der Waals surface area (Å²) in [6, 6.07) is 15.1. The first-order valence-electron chi connectivity index (χ1n) is 10.1. The molecule has 0 amide bonds. The maximum absolute atomic E-state index is 13.3. The summed E-state index contributed by atoms with van der Waals surface area (Å²) in [7, 11) is 0. The first-order valence-corrected chi connectivity index (χ1v) is 10.1. The molecule has 6 rings (SSSR count). The standard InChI is InChI=1S/C25H16O7/c26-15-4-1-13(2-5-15)18-11-29-25-16(24(18)28)6-8-20-23(25)17(10-22(27)32-20)14-3-7-19-21(9-14)31-12-30-19/h1-9,11,17,26H,10,12H2/t17-/m1/s1. The van der Waals surface area contributed by atoms with Crippen LogP contribution in [-0.2, 0) is 4.79 Å². The molecule has 0 bridgehead atoms. The molecule has 1 aromatic heterocycles. The highest BCUT2D eigenvalue weighted by Gasteiger charge is 2.33. The summed E-state index contributed by atoms with van der Waals surface area (Å²) < 4.78 is 22.3. The Balaban J connectivity index is 1.54. The number of esters is 1. The van der Waals surface area contributed by atoms with Crippen molar-refractivity contribution in [1.29, 1.82) is 0 Å². The Morgan fingerprint density at radius 2 is 1.66 bits per heavy atom. The van der Waals surface area contributed by atoms with Crippen LogP contribution in [0.5, 0.6) is 23.0 Å². The fourth-order valence-corrected chi connectivity index (χ4v) is 4.31. The maximum Gasteiger partial charge on any atom is 0.312 e. The molecule has 1 N–H and O–H groups in total. The van der Waals surface area contributed by atoms with Crippen LogP contribution in [-0.4, -0.2) is 17.9 Å². The van der Waals surface area contributed by atoms with Gasteiger partial charge in [-0.2, -0.15) is 0 Å². The van der Waals surface area contributed by atoms with Gasteiger partial charge in [0.1, 0.15) is 23.3 Å². The Morgan fingerprint density at radius 1 is 0.875 bits per heavy atom. The van der Waals surface area contributed by atoms with Gasteiger partial charge in [-0.25, -0.2) is 0 Å². The highest BCUT2D eigenvalue weighted by Crippen LogP contribution is 2.45. The summed E-state index contributed by atoms with van der Waals surface area (Å²) >= 11 is 0. The maximum atomic E-state index is 13.3. The number of aromatic hydroxyl groups is 1. The zero-order valence-electron chi connectivity index (χ0n) is 16.7. The Hall–Kier alpha value is -4.26. The Morgan fingerprint density at radius 3 is 2.50 bits per heavy atom. The van der Waals surface area contributed by atoms with Gasteiger partial charge in [0.15, 0.2) is 11.5 Å². The van der Waals surface area contributed by atoms with Crippen molar-refractivity contribution in [3.63, 3.8) is 0 Å². The number of hydrogen-bond donors (Lipinski definition) is 1. The van der Waals surface area contributed by atoms with Crippen molar-refractivity contribution >= 4 is 16.9 Å². The lowest BCUT2D eigenvalue weighted by atomic mass is 9.85. The zero-order chi connectivity index (χ0) is 21.8. The van der Waals surface area contributed by atoms with E-state index in [1.54, 1.807) is 24.3 Å². The highest BCUT2D eigenvalue weighted by molar-refractivity contribution is 5.90. The van der Waals surface area contributed by atoms with Crippen molar-refractivity contribution in [2.24, 2.45) is 0 Å². The molecular weight excluding hydrogens is 412 g/mol. The lowest BCUT2D eigenvalue weighted by Crippen LogP contribution is -2.22. The molecular formula is C25H16O7. The van der Waals surface area contributed by atoms with Crippen LogP contribution in [0.2, 0.25) is 0 Å². The summed E-state index contributed by atoms with van der Waals surface area (Å²) in [5.74, 6) is 1.02. The number of rotatable bonds is 2. The molecule has 3 aromatic carbocycles. The smallest absolute Gasteiger partial charge is 0.312 e. The Bertz CT molecular complexity index is 1450. The van der Waals surface area contributed by atoms with Crippen molar-refractivity contribution in [2.75, 3.05) is 6.79 Å². The Kier molecular flexibility index (Phi) is 3.98. The van der Waals surface area contributed by atoms with E-state index in [2.05, 4.69) is 0 Å². The molecule has 0 saturated heterocycles. The van der Waals surface area contributed by atoms with Gasteiger partial charge in [0.25, 0.3) is 0 Å². The molecule has 2 aliphatic rings. The van der Waals surface area contributed by atoms with Crippen molar-refractivity contribution in [2.45, 2.75) is 12.3 Å². The summed E-state index contributed by atoms with van der Waals surface area (Å²) in [4.78, 5) is 25.6. The summed E-state index contributed by atoms with van der Waals surface area (Å²) in [5.41, 5.74) is 2.67. The van der Waals surface area contributed by atoms with E-state index in [0.29, 0.717) is 44.9 Å². The second-order valence-electron chi connectivity index (χ2n) is 7.72. The lowest BCUT2D eigenvalue weighted by Gasteiger charge is -2.25. The average Bonchev–Trinajstić information content (AvgIpc) is 3.27. The van der Waals surface area contributed by atoms with Crippen LogP contribution in [0.15, 0.2) is 70.1 Å². The van der Waals surface area contributed by atoms with Crippen molar-refractivity contribution in [1.82, 2.24) is 0 Å². The fourth-order valence-electron chi connectivity index (χ4n) is 4.31. The van der Waals surface area contributed by atoms with E-state index in [4.69, 9.17) is 18.6 Å². The molecule has 3 heterocycles. The normalized spacial score (nSPS) is 16.6. The average molecular weight is 428 g/mol. The van der Waals surface area contributed by atoms with Crippen LogP contribution in [0, 0.1) is 0 Å². The minimum atomic E-state index is -0.368. The molecule has 7 nitrogen and oxygen atoms in total. The number of phenols is 1. The zero-order valence-corrected chi connectivity index (χ0v) is 16.7. The number of benzene rings is 3. The summed E-state index contributed by atoms with van der Waals surface area (Å²) in [6.07, 6.45) is 1.51. The van der Waals surface area contributed by atoms with E-state index in [-0.39, 0.29) is 36.3 Å². The fraction of sp³-hybridized carbons (Fsp3) is 0.120. The van der Waals surface area contributed by atoms with Gasteiger partial charge in [0.05, 0.1) is 17.4 Å². The third-order valence-corrected chi connectivity index (χ3v) is 5.86. The molecule has 0 spiro atoms. The van der Waals surface area contributed by atoms with Crippen LogP contribution in [0.25, 0.3) is 22.1 Å². The van der Waals surface area contributed by atoms with E-state index in [1.165, 1.54) is 18.4 Å². The molecule has 158 valence electrons. The van der Waals surface area contributed by atoms with Gasteiger partial charge in [0.2, 0.25) is 12.2 Å². The van der Waals surface area contributed by atoms with E-state index < -0.39 is 0 Å². The number of fused-ring (bicyclic) bond motifs is 4. The predicted molar refractivity (Wildman–Crippen MR) is 114 cm³/mol. The number of hydrogen-bond acceptors (Lipinski definition) is 7. The number of ether oxygens (including phenoxy) is 3. The van der Waals surface area contributed by atoms with E-state index in [0.717, 1.165) is 5.56 Å². The Labute approximate surface area is 181 Å². The summed E-state index contributed by atoms with van der Waals surface area (Å²) in [5, 5.41) is 9.92. The quantitative estimate of drug-likeness (QED) is 0.375. The largest absolute Gasteiger partial charge is 0.508 e.